The molecule has 0 aliphatic heterocycles. The van der Waals surface area contributed by atoms with Crippen LogP contribution in [0.25, 0.3) is 10.4 Å². The van der Waals surface area contributed by atoms with Crippen LogP contribution in [0, 0.1) is 0 Å². The molecule has 0 rings (SSSR count). The molecule has 0 aromatic heterocycles. The molecule has 0 atom stereocenters. The number of carboxylic acids is 1. The molecule has 0 unspecified atom stereocenters. The van der Waals surface area contributed by atoms with E-state index in [0.29, 0.717) is 0 Å². The van der Waals surface area contributed by atoms with E-state index in [2.05, 4.69) is 10.0 Å². The first-order valence-electron chi connectivity index (χ1n) is 2.70. The number of hydrogen-bond donors (Lipinski definition) is 2. The summed E-state index contributed by atoms with van der Waals surface area (Å²) in [6.07, 6.45) is 0. The van der Waals surface area contributed by atoms with E-state index < -0.39 is 11.9 Å². The zero-order valence-electron chi connectivity index (χ0n) is 5.52. The van der Waals surface area contributed by atoms with Crippen LogP contribution in [0.1, 0.15) is 0 Å². The fraction of sp³-hybridized carbons (Fsp3) is 0.500. The second-order valence-corrected chi connectivity index (χ2v) is 1.52. The highest BCUT2D eigenvalue weighted by molar-refractivity contribution is 6.31. The highest BCUT2D eigenvalue weighted by Crippen LogP contribution is 1.70. The van der Waals surface area contributed by atoms with Gasteiger partial charge in [0, 0.05) is 18.0 Å². The predicted octanol–water partition coefficient (Wildman–Crippen LogP) is -0.502. The summed E-state index contributed by atoms with van der Waals surface area (Å²) >= 11 is 0. The Labute approximate surface area is 61.6 Å². The van der Waals surface area contributed by atoms with Crippen LogP contribution in [0.5, 0.6) is 0 Å². The van der Waals surface area contributed by atoms with Gasteiger partial charge in [0.05, 0.1) is 0 Å². The number of rotatable bonds is 3. The molecule has 7 heteroatoms. The van der Waals surface area contributed by atoms with E-state index in [1.54, 1.807) is 0 Å². The van der Waals surface area contributed by atoms with Crippen LogP contribution in [0.4, 0.5) is 0 Å². The first-order chi connectivity index (χ1) is 5.18. The number of carbonyl (C=O) groups is 2. The fourth-order valence-corrected chi connectivity index (χ4v) is 0.340. The molecule has 60 valence electrons. The maximum absolute atomic E-state index is 10.3. The third kappa shape index (κ3) is 4.73. The Morgan fingerprint density at radius 2 is 2.27 bits per heavy atom. The average molecular weight is 158 g/mol. The molecule has 0 heterocycles. The molecule has 0 saturated heterocycles. The van der Waals surface area contributed by atoms with Gasteiger partial charge in [-0.15, -0.1) is 0 Å². The Morgan fingerprint density at radius 3 is 2.73 bits per heavy atom. The van der Waals surface area contributed by atoms with Crippen molar-refractivity contribution in [3.63, 3.8) is 0 Å². The molecule has 0 aliphatic carbocycles. The van der Waals surface area contributed by atoms with E-state index in [1.165, 1.54) is 0 Å². The number of nitrogens with one attached hydrogen (secondary N) is 1. The minimum absolute atomic E-state index is 0.0369. The van der Waals surface area contributed by atoms with Gasteiger partial charge in [-0.3, -0.25) is 4.79 Å². The summed E-state index contributed by atoms with van der Waals surface area (Å²) in [5.41, 5.74) is 7.77. The summed E-state index contributed by atoms with van der Waals surface area (Å²) in [7, 11) is 0. The maximum Gasteiger partial charge on any atom is 0.394 e. The van der Waals surface area contributed by atoms with Gasteiger partial charge < -0.3 is 10.4 Å². The van der Waals surface area contributed by atoms with E-state index in [0.717, 1.165) is 0 Å². The standard InChI is InChI=1S/C4H6N4O3/c5-8-7-2-1-6-3(9)4(10)11/h1-2H2,(H,6,9)(H,10,11). The van der Waals surface area contributed by atoms with Gasteiger partial charge in [0.25, 0.3) is 0 Å². The Morgan fingerprint density at radius 1 is 1.64 bits per heavy atom. The van der Waals surface area contributed by atoms with E-state index >= 15 is 0 Å². The smallest absolute Gasteiger partial charge is 0.394 e. The van der Waals surface area contributed by atoms with Crippen molar-refractivity contribution >= 4 is 11.9 Å². The van der Waals surface area contributed by atoms with Crippen molar-refractivity contribution in [1.82, 2.24) is 5.32 Å². The van der Waals surface area contributed by atoms with E-state index in [4.69, 9.17) is 10.6 Å². The molecular weight excluding hydrogens is 152 g/mol. The lowest BCUT2D eigenvalue weighted by Crippen LogP contribution is -2.32. The number of carbonyl (C=O) groups excluding carboxylic acids is 1. The van der Waals surface area contributed by atoms with Gasteiger partial charge >= 0.3 is 11.9 Å². The SMILES string of the molecule is [N-]=[N+]=NCCNC(=O)C(=O)O. The summed E-state index contributed by atoms with van der Waals surface area (Å²) in [5, 5.41) is 13.1. The fourth-order valence-electron chi connectivity index (χ4n) is 0.340. The maximum atomic E-state index is 10.3. The van der Waals surface area contributed by atoms with Gasteiger partial charge in [-0.1, -0.05) is 5.11 Å². The Kier molecular flexibility index (Phi) is 4.26. The van der Waals surface area contributed by atoms with Gasteiger partial charge in [-0.25, -0.2) is 4.79 Å². The van der Waals surface area contributed by atoms with Crippen molar-refractivity contribution in [2.45, 2.75) is 0 Å². The molecule has 0 radical (unpaired) electrons. The third-order valence-corrected chi connectivity index (χ3v) is 0.755. The molecule has 1 amide bonds. The van der Waals surface area contributed by atoms with Crippen LogP contribution in [0.3, 0.4) is 0 Å². The lowest BCUT2D eigenvalue weighted by atomic mass is 10.5. The van der Waals surface area contributed by atoms with Gasteiger partial charge in [0.2, 0.25) is 0 Å². The van der Waals surface area contributed by atoms with Gasteiger partial charge in [0.1, 0.15) is 0 Å². The van der Waals surface area contributed by atoms with E-state index in [1.807, 2.05) is 5.32 Å². The topological polar surface area (TPSA) is 115 Å². The van der Waals surface area contributed by atoms with Gasteiger partial charge in [-0.05, 0) is 5.53 Å². The lowest BCUT2D eigenvalue weighted by molar-refractivity contribution is -0.150. The van der Waals surface area contributed by atoms with Gasteiger partial charge in [-0.2, -0.15) is 0 Å². The molecular formula is C4H6N4O3. The summed E-state index contributed by atoms with van der Waals surface area (Å²) in [6, 6.07) is 0. The second-order valence-electron chi connectivity index (χ2n) is 1.52. The number of carboxylic acid groups (broad SMARTS) is 1. The number of aliphatic carboxylic acids is 1. The zero-order valence-corrected chi connectivity index (χ0v) is 5.52. The summed E-state index contributed by atoms with van der Waals surface area (Å²) in [5.74, 6) is -2.65. The number of amides is 1. The highest BCUT2D eigenvalue weighted by Gasteiger charge is 2.07. The number of nitrogens with zero attached hydrogens (tertiary/aromatic N) is 3. The van der Waals surface area contributed by atoms with Crippen molar-refractivity contribution in [3.05, 3.63) is 10.4 Å². The largest absolute Gasteiger partial charge is 0.474 e. The predicted molar refractivity (Wildman–Crippen MR) is 34.7 cm³/mol. The molecule has 11 heavy (non-hydrogen) atoms. The number of hydrogen-bond acceptors (Lipinski definition) is 3. The summed E-state index contributed by atoms with van der Waals surface area (Å²) in [6.45, 7) is 0.0880. The molecule has 0 aromatic carbocycles. The highest BCUT2D eigenvalue weighted by atomic mass is 16.4. The lowest BCUT2D eigenvalue weighted by Gasteiger charge is -1.95. The quantitative estimate of drug-likeness (QED) is 0.189. The molecule has 0 spiro atoms. The first-order valence-corrected chi connectivity index (χ1v) is 2.70. The Hall–Kier alpha value is -1.75. The molecule has 0 fully saturated rings. The first kappa shape index (κ1) is 9.25. The molecule has 0 aliphatic rings. The third-order valence-electron chi connectivity index (χ3n) is 0.755. The van der Waals surface area contributed by atoms with Crippen LogP contribution in [-0.4, -0.2) is 30.1 Å². The van der Waals surface area contributed by atoms with Crippen molar-refractivity contribution in [1.29, 1.82) is 0 Å². The van der Waals surface area contributed by atoms with Crippen LogP contribution in [-0.2, 0) is 9.59 Å². The summed E-state index contributed by atoms with van der Waals surface area (Å²) < 4.78 is 0. The van der Waals surface area contributed by atoms with E-state index in [-0.39, 0.29) is 13.1 Å². The van der Waals surface area contributed by atoms with Crippen molar-refractivity contribution in [3.8, 4) is 0 Å². The van der Waals surface area contributed by atoms with Crippen LogP contribution in [0.15, 0.2) is 5.11 Å². The second kappa shape index (κ2) is 5.07. The van der Waals surface area contributed by atoms with E-state index in [9.17, 15) is 9.59 Å². The average Bonchev–Trinajstić information content (AvgIpc) is 1.97. The van der Waals surface area contributed by atoms with Crippen LogP contribution < -0.4 is 5.32 Å². The van der Waals surface area contributed by atoms with Crippen molar-refractivity contribution in [2.75, 3.05) is 13.1 Å². The molecule has 0 aromatic rings. The monoisotopic (exact) mass is 158 g/mol. The zero-order chi connectivity index (χ0) is 8.69. The molecule has 0 saturated carbocycles. The van der Waals surface area contributed by atoms with Crippen LogP contribution >= 0.6 is 0 Å². The minimum atomic E-state index is -1.55. The summed E-state index contributed by atoms with van der Waals surface area (Å²) in [4.78, 5) is 22.5. The van der Waals surface area contributed by atoms with Gasteiger partial charge in [0.15, 0.2) is 0 Å². The van der Waals surface area contributed by atoms with Crippen LogP contribution in [0.2, 0.25) is 0 Å². The number of azide groups is 1. The molecule has 7 nitrogen and oxygen atoms in total. The Balaban J connectivity index is 3.47. The Bertz CT molecular complexity index is 207. The van der Waals surface area contributed by atoms with Crippen molar-refractivity contribution in [2.24, 2.45) is 5.11 Å². The minimum Gasteiger partial charge on any atom is -0.474 e. The normalized spacial score (nSPS) is 8.00. The van der Waals surface area contributed by atoms with Crippen molar-refractivity contribution < 1.29 is 14.7 Å². The molecule has 0 bridgehead atoms. The molecule has 2 N–H and O–H groups in total.